The zero-order chi connectivity index (χ0) is 13.9. The van der Waals surface area contributed by atoms with Crippen molar-refractivity contribution in [2.24, 2.45) is 0 Å². The molecule has 0 aromatic heterocycles. The molecule has 1 aliphatic rings. The van der Waals surface area contributed by atoms with Crippen molar-refractivity contribution in [1.29, 1.82) is 0 Å². The van der Waals surface area contributed by atoms with Gasteiger partial charge in [0.05, 0.1) is 13.0 Å². The number of Topliss-reactive ketones (excluding diaryl/α,β-unsaturated/α-hetero) is 1. The van der Waals surface area contributed by atoms with E-state index in [1.54, 1.807) is 4.90 Å². The molecule has 1 heterocycles. The van der Waals surface area contributed by atoms with Gasteiger partial charge in [-0.05, 0) is 22.8 Å². The number of ketones is 1. The van der Waals surface area contributed by atoms with E-state index in [1.165, 1.54) is 5.39 Å². The summed E-state index contributed by atoms with van der Waals surface area (Å²) in [7, 11) is 0. The minimum Gasteiger partial charge on any atom is -0.335 e. The molecule has 0 aliphatic carbocycles. The van der Waals surface area contributed by atoms with E-state index in [0.29, 0.717) is 19.4 Å². The molecule has 1 fully saturated rings. The molecule has 0 unspecified atom stereocenters. The normalized spacial score (nSPS) is 15.6. The van der Waals surface area contributed by atoms with Gasteiger partial charge in [-0.1, -0.05) is 42.5 Å². The van der Waals surface area contributed by atoms with Crippen LogP contribution in [-0.4, -0.2) is 29.7 Å². The fourth-order valence-electron chi connectivity index (χ4n) is 2.69. The summed E-state index contributed by atoms with van der Waals surface area (Å²) in [5.41, 5.74) is 1.01. The summed E-state index contributed by atoms with van der Waals surface area (Å²) in [4.78, 5) is 25.3. The fraction of sp³-hybridized carbons (Fsp3) is 0.294. The Hall–Kier alpha value is -2.16. The summed E-state index contributed by atoms with van der Waals surface area (Å²) in [5, 5.41) is 2.32. The summed E-state index contributed by atoms with van der Waals surface area (Å²) in [6.07, 6.45) is 1.78. The van der Waals surface area contributed by atoms with Crippen LogP contribution in [0.4, 0.5) is 0 Å². The predicted octanol–water partition coefficient (Wildman–Crippen LogP) is 2.57. The number of hydrogen-bond acceptors (Lipinski definition) is 2. The molecule has 0 atom stereocenters. The van der Waals surface area contributed by atoms with E-state index >= 15 is 0 Å². The highest BCUT2D eigenvalue weighted by Gasteiger charge is 2.21. The van der Waals surface area contributed by atoms with E-state index in [4.69, 9.17) is 0 Å². The third kappa shape index (κ3) is 2.72. The van der Waals surface area contributed by atoms with Crippen molar-refractivity contribution in [3.63, 3.8) is 0 Å². The summed E-state index contributed by atoms with van der Waals surface area (Å²) in [5.74, 6) is 0.219. The smallest absolute Gasteiger partial charge is 0.227 e. The third-order valence-corrected chi connectivity index (χ3v) is 3.77. The molecule has 0 spiro atoms. The van der Waals surface area contributed by atoms with Crippen molar-refractivity contribution in [1.82, 2.24) is 4.90 Å². The lowest BCUT2D eigenvalue weighted by Gasteiger charge is -2.25. The zero-order valence-electron chi connectivity index (χ0n) is 11.3. The number of rotatable bonds is 2. The number of nitrogens with zero attached hydrogens (tertiary/aromatic N) is 1. The Morgan fingerprint density at radius 1 is 1.10 bits per heavy atom. The second-order valence-corrected chi connectivity index (χ2v) is 5.32. The average molecular weight is 267 g/mol. The fourth-order valence-corrected chi connectivity index (χ4v) is 2.69. The van der Waals surface area contributed by atoms with E-state index in [1.807, 2.05) is 30.3 Å². The molecule has 3 rings (SSSR count). The van der Waals surface area contributed by atoms with E-state index < -0.39 is 0 Å². The van der Waals surface area contributed by atoms with Crippen molar-refractivity contribution < 1.29 is 9.59 Å². The van der Waals surface area contributed by atoms with Crippen LogP contribution in [0.15, 0.2) is 42.5 Å². The lowest BCUT2D eigenvalue weighted by atomic mass is 10.0. The molecular weight excluding hydrogens is 250 g/mol. The molecule has 1 aliphatic heterocycles. The lowest BCUT2D eigenvalue weighted by molar-refractivity contribution is -0.137. The van der Waals surface area contributed by atoms with Crippen LogP contribution in [0.3, 0.4) is 0 Å². The standard InChI is InChI=1S/C17H17NO2/c19-16-6-3-9-18(12-16)17(20)11-13-7-8-14-4-1-2-5-15(14)10-13/h1-2,4-5,7-8,10H,3,6,9,11-12H2. The monoisotopic (exact) mass is 267 g/mol. The number of likely N-dealkylation sites (tertiary alicyclic amines) is 1. The van der Waals surface area contributed by atoms with Crippen LogP contribution in [0, 0.1) is 0 Å². The highest BCUT2D eigenvalue weighted by atomic mass is 16.2. The van der Waals surface area contributed by atoms with Gasteiger partial charge in [0.1, 0.15) is 0 Å². The van der Waals surface area contributed by atoms with Crippen LogP contribution in [0.2, 0.25) is 0 Å². The van der Waals surface area contributed by atoms with Crippen molar-refractivity contribution in [3.05, 3.63) is 48.0 Å². The molecule has 1 amide bonds. The van der Waals surface area contributed by atoms with Gasteiger partial charge in [0, 0.05) is 13.0 Å². The first-order valence-electron chi connectivity index (χ1n) is 6.99. The molecule has 0 N–H and O–H groups in total. The van der Waals surface area contributed by atoms with Gasteiger partial charge >= 0.3 is 0 Å². The minimum absolute atomic E-state index is 0.0494. The minimum atomic E-state index is 0.0494. The molecule has 1 saturated heterocycles. The van der Waals surface area contributed by atoms with Crippen molar-refractivity contribution >= 4 is 22.5 Å². The molecule has 2 aromatic carbocycles. The predicted molar refractivity (Wildman–Crippen MR) is 78.5 cm³/mol. The molecule has 0 radical (unpaired) electrons. The summed E-state index contributed by atoms with van der Waals surface area (Å²) in [6.45, 7) is 0.991. The highest BCUT2D eigenvalue weighted by molar-refractivity contribution is 5.89. The first-order valence-corrected chi connectivity index (χ1v) is 6.99. The second-order valence-electron chi connectivity index (χ2n) is 5.32. The quantitative estimate of drug-likeness (QED) is 0.838. The van der Waals surface area contributed by atoms with Crippen molar-refractivity contribution in [2.45, 2.75) is 19.3 Å². The molecule has 3 nitrogen and oxygen atoms in total. The number of piperidine rings is 1. The van der Waals surface area contributed by atoms with Crippen LogP contribution in [0.1, 0.15) is 18.4 Å². The van der Waals surface area contributed by atoms with Crippen LogP contribution < -0.4 is 0 Å². The molecular formula is C17H17NO2. The first kappa shape index (κ1) is 12.9. The maximum atomic E-state index is 12.2. The average Bonchev–Trinajstić information content (AvgIpc) is 2.47. The molecule has 20 heavy (non-hydrogen) atoms. The molecule has 3 heteroatoms. The van der Waals surface area contributed by atoms with Gasteiger partial charge in [0.25, 0.3) is 0 Å². The Labute approximate surface area is 118 Å². The number of amides is 1. The lowest BCUT2D eigenvalue weighted by Crippen LogP contribution is -2.40. The summed E-state index contributed by atoms with van der Waals surface area (Å²) in [6, 6.07) is 14.2. The first-order chi connectivity index (χ1) is 9.72. The number of carbonyl (C=O) groups is 2. The summed E-state index contributed by atoms with van der Waals surface area (Å²) < 4.78 is 0. The van der Waals surface area contributed by atoms with Gasteiger partial charge in [0.2, 0.25) is 5.91 Å². The molecule has 0 bridgehead atoms. The van der Waals surface area contributed by atoms with Crippen LogP contribution in [-0.2, 0) is 16.0 Å². The number of hydrogen-bond donors (Lipinski definition) is 0. The largest absolute Gasteiger partial charge is 0.335 e. The van der Waals surface area contributed by atoms with Gasteiger partial charge < -0.3 is 4.90 Å². The topological polar surface area (TPSA) is 37.4 Å². The highest BCUT2D eigenvalue weighted by Crippen LogP contribution is 2.17. The van der Waals surface area contributed by atoms with Crippen molar-refractivity contribution in [3.8, 4) is 0 Å². The second kappa shape index (κ2) is 5.45. The zero-order valence-corrected chi connectivity index (χ0v) is 11.3. The Morgan fingerprint density at radius 2 is 1.90 bits per heavy atom. The van der Waals surface area contributed by atoms with Crippen LogP contribution >= 0.6 is 0 Å². The Kier molecular flexibility index (Phi) is 3.50. The summed E-state index contributed by atoms with van der Waals surface area (Å²) >= 11 is 0. The van der Waals surface area contributed by atoms with Gasteiger partial charge in [-0.3, -0.25) is 9.59 Å². The number of carbonyl (C=O) groups excluding carboxylic acids is 2. The Bertz CT molecular complexity index is 663. The molecule has 102 valence electrons. The maximum Gasteiger partial charge on any atom is 0.227 e. The van der Waals surface area contributed by atoms with Gasteiger partial charge in [0.15, 0.2) is 5.78 Å². The van der Waals surface area contributed by atoms with E-state index in [0.717, 1.165) is 17.4 Å². The van der Waals surface area contributed by atoms with Gasteiger partial charge in [-0.25, -0.2) is 0 Å². The molecule has 2 aromatic rings. The third-order valence-electron chi connectivity index (χ3n) is 3.77. The van der Waals surface area contributed by atoms with E-state index in [9.17, 15) is 9.59 Å². The Morgan fingerprint density at radius 3 is 2.70 bits per heavy atom. The van der Waals surface area contributed by atoms with Crippen LogP contribution in [0.25, 0.3) is 10.8 Å². The van der Waals surface area contributed by atoms with E-state index in [2.05, 4.69) is 12.1 Å². The van der Waals surface area contributed by atoms with Crippen molar-refractivity contribution in [2.75, 3.05) is 13.1 Å². The van der Waals surface area contributed by atoms with Gasteiger partial charge in [-0.2, -0.15) is 0 Å². The Balaban J connectivity index is 1.75. The molecule has 0 saturated carbocycles. The SMILES string of the molecule is O=C1CCCN(C(=O)Cc2ccc3ccccc3c2)C1. The number of fused-ring (bicyclic) bond motifs is 1. The van der Waals surface area contributed by atoms with Crippen LogP contribution in [0.5, 0.6) is 0 Å². The number of benzene rings is 2. The van der Waals surface area contributed by atoms with Gasteiger partial charge in [-0.15, -0.1) is 0 Å². The maximum absolute atomic E-state index is 12.2. The van der Waals surface area contributed by atoms with E-state index in [-0.39, 0.29) is 18.2 Å².